The molecule has 0 aliphatic rings. The lowest BCUT2D eigenvalue weighted by atomic mass is 9.99. The Labute approximate surface area is 99.2 Å². The number of anilines is 2. The van der Waals surface area contributed by atoms with Gasteiger partial charge < -0.3 is 16.6 Å². The molecule has 0 atom stereocenters. The lowest BCUT2D eigenvalue weighted by Crippen LogP contribution is -2.09. The first-order chi connectivity index (χ1) is 7.34. The van der Waals surface area contributed by atoms with Crippen LogP contribution in [0.15, 0.2) is 6.07 Å². The summed E-state index contributed by atoms with van der Waals surface area (Å²) < 4.78 is 0. The van der Waals surface area contributed by atoms with Crippen LogP contribution in [0.5, 0.6) is 0 Å². The van der Waals surface area contributed by atoms with Gasteiger partial charge in [-0.1, -0.05) is 25.4 Å². The number of hydrogen-bond donors (Lipinski definition) is 3. The van der Waals surface area contributed by atoms with Crippen LogP contribution >= 0.6 is 11.6 Å². The van der Waals surface area contributed by atoms with E-state index in [1.165, 1.54) is 6.07 Å². The highest BCUT2D eigenvalue weighted by Gasteiger charge is 2.17. The van der Waals surface area contributed by atoms with E-state index in [1.807, 2.05) is 13.8 Å². The molecule has 0 aliphatic heterocycles. The highest BCUT2D eigenvalue weighted by atomic mass is 35.5. The van der Waals surface area contributed by atoms with E-state index in [-0.39, 0.29) is 16.9 Å². The Balaban J connectivity index is 3.35. The summed E-state index contributed by atoms with van der Waals surface area (Å²) in [5, 5.41) is 9.32. The van der Waals surface area contributed by atoms with Crippen LogP contribution in [0.4, 0.5) is 11.4 Å². The van der Waals surface area contributed by atoms with Crippen molar-refractivity contribution in [1.82, 2.24) is 0 Å². The molecular formula is C11H15ClN2O2. The molecule has 88 valence electrons. The van der Waals surface area contributed by atoms with Crippen molar-refractivity contribution in [2.45, 2.75) is 20.3 Å². The lowest BCUT2D eigenvalue weighted by Gasteiger charge is -2.13. The molecule has 5 N–H and O–H groups in total. The zero-order valence-corrected chi connectivity index (χ0v) is 10.0. The SMILES string of the molecule is CC(C)Cc1cc(C(=O)O)c(N)c(N)c1Cl. The monoisotopic (exact) mass is 242 g/mol. The minimum absolute atomic E-state index is 0.0116. The number of carbonyl (C=O) groups is 1. The van der Waals surface area contributed by atoms with Gasteiger partial charge in [-0.2, -0.15) is 0 Å². The van der Waals surface area contributed by atoms with Gasteiger partial charge in [-0.25, -0.2) is 4.79 Å². The first-order valence-electron chi connectivity index (χ1n) is 4.94. The van der Waals surface area contributed by atoms with Crippen LogP contribution in [-0.4, -0.2) is 11.1 Å². The summed E-state index contributed by atoms with van der Waals surface area (Å²) in [6.07, 6.45) is 0.670. The van der Waals surface area contributed by atoms with Crippen molar-refractivity contribution in [1.29, 1.82) is 0 Å². The van der Waals surface area contributed by atoms with Gasteiger partial charge in [-0.15, -0.1) is 0 Å². The number of benzene rings is 1. The molecule has 0 saturated heterocycles. The highest BCUT2D eigenvalue weighted by Crippen LogP contribution is 2.33. The molecule has 0 aliphatic carbocycles. The van der Waals surface area contributed by atoms with Crippen molar-refractivity contribution in [3.8, 4) is 0 Å². The van der Waals surface area contributed by atoms with Gasteiger partial charge >= 0.3 is 5.97 Å². The van der Waals surface area contributed by atoms with Crippen molar-refractivity contribution in [2.75, 3.05) is 11.5 Å². The van der Waals surface area contributed by atoms with Crippen LogP contribution in [0.3, 0.4) is 0 Å². The molecule has 0 amide bonds. The third-order valence-corrected chi connectivity index (χ3v) is 2.72. The quantitative estimate of drug-likeness (QED) is 0.710. The fraction of sp³-hybridized carbons (Fsp3) is 0.364. The number of rotatable bonds is 3. The van der Waals surface area contributed by atoms with Crippen LogP contribution in [0, 0.1) is 5.92 Å². The minimum atomic E-state index is -1.09. The lowest BCUT2D eigenvalue weighted by molar-refractivity contribution is 0.0698. The molecule has 16 heavy (non-hydrogen) atoms. The third-order valence-electron chi connectivity index (χ3n) is 2.28. The van der Waals surface area contributed by atoms with E-state index in [0.29, 0.717) is 17.4 Å². The Bertz CT molecular complexity index is 430. The number of halogens is 1. The first-order valence-corrected chi connectivity index (χ1v) is 5.32. The van der Waals surface area contributed by atoms with E-state index in [0.717, 1.165) is 5.56 Å². The summed E-state index contributed by atoms with van der Waals surface area (Å²) in [4.78, 5) is 10.9. The number of carboxylic acids is 1. The maximum atomic E-state index is 10.9. The molecular weight excluding hydrogens is 228 g/mol. The molecule has 0 saturated carbocycles. The van der Waals surface area contributed by atoms with Crippen molar-refractivity contribution in [3.05, 3.63) is 22.2 Å². The van der Waals surface area contributed by atoms with Gasteiger partial charge in [-0.05, 0) is 24.0 Å². The summed E-state index contributed by atoms with van der Waals surface area (Å²) >= 11 is 6.02. The molecule has 0 radical (unpaired) electrons. The number of hydrogen-bond acceptors (Lipinski definition) is 3. The van der Waals surface area contributed by atoms with E-state index in [4.69, 9.17) is 28.2 Å². The second-order valence-electron chi connectivity index (χ2n) is 4.13. The van der Waals surface area contributed by atoms with Gasteiger partial charge in [0.15, 0.2) is 0 Å². The average molecular weight is 243 g/mol. The zero-order chi connectivity index (χ0) is 12.5. The molecule has 1 aromatic rings. The first kappa shape index (κ1) is 12.6. The van der Waals surface area contributed by atoms with Gasteiger partial charge in [0.2, 0.25) is 0 Å². The second-order valence-corrected chi connectivity index (χ2v) is 4.51. The zero-order valence-electron chi connectivity index (χ0n) is 9.25. The molecule has 1 rings (SSSR count). The second kappa shape index (κ2) is 4.61. The number of nitrogen functional groups attached to an aromatic ring is 2. The van der Waals surface area contributed by atoms with Crippen LogP contribution in [-0.2, 0) is 6.42 Å². The van der Waals surface area contributed by atoms with Crippen LogP contribution in [0.25, 0.3) is 0 Å². The Hall–Kier alpha value is -1.42. The smallest absolute Gasteiger partial charge is 0.337 e. The predicted molar refractivity (Wildman–Crippen MR) is 65.8 cm³/mol. The molecule has 1 aromatic carbocycles. The van der Waals surface area contributed by atoms with Crippen LogP contribution < -0.4 is 11.5 Å². The normalized spacial score (nSPS) is 10.8. The van der Waals surface area contributed by atoms with Gasteiger partial charge in [0.1, 0.15) is 0 Å². The van der Waals surface area contributed by atoms with Crippen molar-refractivity contribution < 1.29 is 9.90 Å². The molecule has 0 fully saturated rings. The number of aromatic carboxylic acids is 1. The van der Waals surface area contributed by atoms with E-state index in [9.17, 15) is 4.79 Å². The Kier molecular flexibility index (Phi) is 3.65. The van der Waals surface area contributed by atoms with Crippen LogP contribution in [0.2, 0.25) is 5.02 Å². The maximum Gasteiger partial charge on any atom is 0.337 e. The van der Waals surface area contributed by atoms with Crippen molar-refractivity contribution in [3.63, 3.8) is 0 Å². The van der Waals surface area contributed by atoms with E-state index >= 15 is 0 Å². The molecule has 0 bridgehead atoms. The standard InChI is InChI=1S/C11H15ClN2O2/c1-5(2)3-6-4-7(11(15)16)9(13)10(14)8(6)12/h4-5H,3,13-14H2,1-2H3,(H,15,16). The van der Waals surface area contributed by atoms with E-state index in [2.05, 4.69) is 0 Å². The predicted octanol–water partition coefficient (Wildman–Crippen LogP) is 2.40. The summed E-state index contributed by atoms with van der Waals surface area (Å²) in [5.41, 5.74) is 12.2. The van der Waals surface area contributed by atoms with Crippen molar-refractivity contribution in [2.24, 2.45) is 5.92 Å². The van der Waals surface area contributed by atoms with Gasteiger partial charge in [0.05, 0.1) is 22.0 Å². The Morgan fingerprint density at radius 1 is 1.44 bits per heavy atom. The molecule has 4 nitrogen and oxygen atoms in total. The Morgan fingerprint density at radius 2 is 2.00 bits per heavy atom. The summed E-state index contributed by atoms with van der Waals surface area (Å²) in [6, 6.07) is 1.50. The Morgan fingerprint density at radius 3 is 2.44 bits per heavy atom. The van der Waals surface area contributed by atoms with Gasteiger partial charge in [0.25, 0.3) is 0 Å². The van der Waals surface area contributed by atoms with E-state index in [1.54, 1.807) is 0 Å². The largest absolute Gasteiger partial charge is 0.478 e. The molecule has 0 spiro atoms. The molecule has 0 unspecified atom stereocenters. The fourth-order valence-electron chi connectivity index (χ4n) is 1.52. The van der Waals surface area contributed by atoms with Gasteiger partial charge in [0, 0.05) is 0 Å². The molecule has 0 aromatic heterocycles. The topological polar surface area (TPSA) is 89.3 Å². The summed E-state index contributed by atoms with van der Waals surface area (Å²) in [7, 11) is 0. The summed E-state index contributed by atoms with van der Waals surface area (Å²) in [6.45, 7) is 4.03. The average Bonchev–Trinajstić information content (AvgIpc) is 2.18. The number of nitrogens with two attached hydrogens (primary N) is 2. The third kappa shape index (κ3) is 2.39. The summed E-state index contributed by atoms with van der Waals surface area (Å²) in [5.74, 6) is -0.729. The number of carboxylic acid groups (broad SMARTS) is 1. The van der Waals surface area contributed by atoms with Gasteiger partial charge in [-0.3, -0.25) is 0 Å². The van der Waals surface area contributed by atoms with Crippen LogP contribution in [0.1, 0.15) is 29.8 Å². The maximum absolute atomic E-state index is 10.9. The minimum Gasteiger partial charge on any atom is -0.478 e. The molecule has 5 heteroatoms. The fourth-order valence-corrected chi connectivity index (χ4v) is 1.75. The van der Waals surface area contributed by atoms with E-state index < -0.39 is 5.97 Å². The molecule has 0 heterocycles. The van der Waals surface area contributed by atoms with Crippen molar-refractivity contribution >= 4 is 28.9 Å². The highest BCUT2D eigenvalue weighted by molar-refractivity contribution is 6.35.